The topological polar surface area (TPSA) is 32.3 Å². The molecule has 0 aromatic heterocycles. The van der Waals surface area contributed by atoms with Crippen molar-refractivity contribution in [1.82, 2.24) is 10.2 Å². The average molecular weight is 428 g/mol. The Morgan fingerprint density at radius 3 is 2.87 bits per heavy atom. The highest BCUT2D eigenvalue weighted by Crippen LogP contribution is 2.25. The van der Waals surface area contributed by atoms with E-state index in [2.05, 4.69) is 53.6 Å². The molecule has 0 radical (unpaired) electrons. The van der Waals surface area contributed by atoms with Gasteiger partial charge in [-0.25, -0.2) is 0 Å². The van der Waals surface area contributed by atoms with Crippen LogP contribution in [0.4, 0.5) is 0 Å². The third-order valence-corrected chi connectivity index (χ3v) is 5.94. The number of hydrogen-bond acceptors (Lipinski definition) is 2. The summed E-state index contributed by atoms with van der Waals surface area (Å²) in [6.45, 7) is 11.8. The number of nitrogens with zero attached hydrogens (tertiary/aromatic N) is 1. The molecule has 1 aliphatic rings. The van der Waals surface area contributed by atoms with Crippen LogP contribution in [0.15, 0.2) is 18.2 Å². The Hall–Kier alpha value is -0.620. The summed E-state index contributed by atoms with van der Waals surface area (Å²) in [7, 11) is 0. The minimum Gasteiger partial charge on any atom is -0.350 e. The van der Waals surface area contributed by atoms with Crippen LogP contribution in [0.3, 0.4) is 0 Å². The maximum Gasteiger partial charge on any atom is 0.252 e. The number of rotatable bonds is 5. The first-order valence-electron chi connectivity index (χ1n) is 8.63. The lowest BCUT2D eigenvalue weighted by Gasteiger charge is -2.43. The van der Waals surface area contributed by atoms with E-state index in [1.165, 1.54) is 19.3 Å². The van der Waals surface area contributed by atoms with E-state index < -0.39 is 0 Å². The van der Waals surface area contributed by atoms with Crippen LogP contribution >= 0.6 is 22.6 Å². The summed E-state index contributed by atoms with van der Waals surface area (Å²) >= 11 is 2.23. The van der Waals surface area contributed by atoms with Crippen LogP contribution in [-0.4, -0.2) is 36.0 Å². The molecule has 0 aliphatic carbocycles. The Morgan fingerprint density at radius 1 is 1.43 bits per heavy atom. The zero-order valence-electron chi connectivity index (χ0n) is 14.8. The average Bonchev–Trinajstić information content (AvgIpc) is 2.55. The molecule has 1 unspecified atom stereocenters. The fourth-order valence-corrected chi connectivity index (χ4v) is 3.85. The van der Waals surface area contributed by atoms with Crippen molar-refractivity contribution in [3.05, 3.63) is 32.9 Å². The number of likely N-dealkylation sites (tertiary alicyclic amines) is 1. The lowest BCUT2D eigenvalue weighted by Crippen LogP contribution is -2.54. The molecular formula is C19H29IN2O. The molecule has 1 aliphatic heterocycles. The van der Waals surface area contributed by atoms with E-state index in [1.54, 1.807) is 0 Å². The molecule has 1 atom stereocenters. The molecule has 2 rings (SSSR count). The van der Waals surface area contributed by atoms with Gasteiger partial charge in [0.25, 0.3) is 5.91 Å². The predicted molar refractivity (Wildman–Crippen MR) is 105 cm³/mol. The zero-order chi connectivity index (χ0) is 17.0. The van der Waals surface area contributed by atoms with Crippen molar-refractivity contribution in [2.24, 2.45) is 5.92 Å². The van der Waals surface area contributed by atoms with Crippen molar-refractivity contribution >= 4 is 28.5 Å². The molecular weight excluding hydrogens is 399 g/mol. The SMILES string of the molecule is CCC1CCCN(C(C)(C)CNC(=O)c2cc(C)ccc2I)C1. The maximum absolute atomic E-state index is 12.5. The summed E-state index contributed by atoms with van der Waals surface area (Å²) in [5, 5.41) is 3.15. The summed E-state index contributed by atoms with van der Waals surface area (Å²) in [4.78, 5) is 15.1. The maximum atomic E-state index is 12.5. The number of halogens is 1. The highest BCUT2D eigenvalue weighted by Gasteiger charge is 2.31. The molecule has 0 saturated carbocycles. The molecule has 0 spiro atoms. The minimum absolute atomic E-state index is 0.00123. The number of benzene rings is 1. The van der Waals surface area contributed by atoms with Crippen LogP contribution in [0.25, 0.3) is 0 Å². The van der Waals surface area contributed by atoms with Crippen LogP contribution in [0.1, 0.15) is 56.0 Å². The van der Waals surface area contributed by atoms with E-state index in [0.717, 1.165) is 33.7 Å². The highest BCUT2D eigenvalue weighted by molar-refractivity contribution is 14.1. The second kappa shape index (κ2) is 7.97. The third kappa shape index (κ3) is 4.92. The Labute approximate surface area is 154 Å². The van der Waals surface area contributed by atoms with Crippen molar-refractivity contribution < 1.29 is 4.79 Å². The van der Waals surface area contributed by atoms with Gasteiger partial charge in [-0.2, -0.15) is 0 Å². The van der Waals surface area contributed by atoms with Gasteiger partial charge >= 0.3 is 0 Å². The van der Waals surface area contributed by atoms with Gasteiger partial charge in [-0.05, 0) is 80.8 Å². The second-order valence-electron chi connectivity index (χ2n) is 7.34. The van der Waals surface area contributed by atoms with Gasteiger partial charge in [-0.1, -0.05) is 25.0 Å². The summed E-state index contributed by atoms with van der Waals surface area (Å²) in [6, 6.07) is 6.02. The van der Waals surface area contributed by atoms with E-state index >= 15 is 0 Å². The summed E-state index contributed by atoms with van der Waals surface area (Å²) in [5.41, 5.74) is 1.90. The largest absolute Gasteiger partial charge is 0.350 e. The van der Waals surface area contributed by atoms with Gasteiger partial charge in [0.1, 0.15) is 0 Å². The number of nitrogens with one attached hydrogen (secondary N) is 1. The Kier molecular flexibility index (Phi) is 6.48. The number of amides is 1. The van der Waals surface area contributed by atoms with E-state index in [-0.39, 0.29) is 11.4 Å². The summed E-state index contributed by atoms with van der Waals surface area (Å²) in [5.74, 6) is 0.840. The molecule has 0 bridgehead atoms. The van der Waals surface area contributed by atoms with E-state index in [0.29, 0.717) is 6.54 Å². The van der Waals surface area contributed by atoms with E-state index in [4.69, 9.17) is 0 Å². The highest BCUT2D eigenvalue weighted by atomic mass is 127. The first-order valence-corrected chi connectivity index (χ1v) is 9.70. The number of carbonyl (C=O) groups excluding carboxylic acids is 1. The molecule has 1 heterocycles. The molecule has 1 aromatic carbocycles. The normalized spacial score (nSPS) is 19.6. The smallest absolute Gasteiger partial charge is 0.252 e. The fourth-order valence-electron chi connectivity index (χ4n) is 3.26. The van der Waals surface area contributed by atoms with Crippen molar-refractivity contribution in [2.45, 2.75) is 52.5 Å². The Morgan fingerprint density at radius 2 is 2.17 bits per heavy atom. The van der Waals surface area contributed by atoms with E-state index in [1.807, 2.05) is 25.1 Å². The first-order chi connectivity index (χ1) is 10.8. The standard InChI is InChI=1S/C19H29IN2O/c1-5-15-7-6-10-22(12-15)19(3,4)13-21-18(23)16-11-14(2)8-9-17(16)20/h8-9,11,15H,5-7,10,12-13H2,1-4H3,(H,21,23). The van der Waals surface area contributed by atoms with Crippen LogP contribution in [0.5, 0.6) is 0 Å². The van der Waals surface area contributed by atoms with Crippen molar-refractivity contribution in [1.29, 1.82) is 0 Å². The van der Waals surface area contributed by atoms with Crippen LogP contribution in [0.2, 0.25) is 0 Å². The lowest BCUT2D eigenvalue weighted by molar-refractivity contribution is 0.0612. The summed E-state index contributed by atoms with van der Waals surface area (Å²) < 4.78 is 1.01. The Bertz CT molecular complexity index is 556. The lowest BCUT2D eigenvalue weighted by atomic mass is 9.91. The molecule has 1 fully saturated rings. The van der Waals surface area contributed by atoms with Gasteiger partial charge in [0.15, 0.2) is 0 Å². The van der Waals surface area contributed by atoms with Gasteiger partial charge in [-0.15, -0.1) is 0 Å². The molecule has 3 nitrogen and oxygen atoms in total. The van der Waals surface area contributed by atoms with Crippen molar-refractivity contribution in [3.8, 4) is 0 Å². The van der Waals surface area contributed by atoms with Crippen LogP contribution < -0.4 is 5.32 Å². The monoisotopic (exact) mass is 428 g/mol. The number of carbonyl (C=O) groups is 1. The summed E-state index contributed by atoms with van der Waals surface area (Å²) in [6.07, 6.45) is 3.86. The predicted octanol–water partition coefficient (Wildman–Crippen LogP) is 4.23. The van der Waals surface area contributed by atoms with Crippen molar-refractivity contribution in [3.63, 3.8) is 0 Å². The fraction of sp³-hybridized carbons (Fsp3) is 0.632. The quantitative estimate of drug-likeness (QED) is 0.712. The minimum atomic E-state index is -0.00123. The molecule has 23 heavy (non-hydrogen) atoms. The number of hydrogen-bond donors (Lipinski definition) is 1. The van der Waals surface area contributed by atoms with Crippen molar-refractivity contribution in [2.75, 3.05) is 19.6 Å². The molecule has 1 aromatic rings. The van der Waals surface area contributed by atoms with Gasteiger partial charge in [-0.3, -0.25) is 9.69 Å². The molecule has 128 valence electrons. The van der Waals surface area contributed by atoms with Gasteiger partial charge in [0.2, 0.25) is 0 Å². The Balaban J connectivity index is 1.98. The molecule has 1 amide bonds. The molecule has 1 saturated heterocycles. The molecule has 4 heteroatoms. The number of aryl methyl sites for hydroxylation is 1. The third-order valence-electron chi connectivity index (χ3n) is 5.00. The van der Waals surface area contributed by atoms with E-state index in [9.17, 15) is 4.79 Å². The van der Waals surface area contributed by atoms with Crippen LogP contribution in [-0.2, 0) is 0 Å². The van der Waals surface area contributed by atoms with Gasteiger partial charge < -0.3 is 5.32 Å². The van der Waals surface area contributed by atoms with Gasteiger partial charge in [0.05, 0.1) is 5.56 Å². The van der Waals surface area contributed by atoms with Crippen LogP contribution in [0, 0.1) is 16.4 Å². The number of piperidine rings is 1. The second-order valence-corrected chi connectivity index (χ2v) is 8.50. The van der Waals surface area contributed by atoms with Gasteiger partial charge in [0, 0.05) is 22.2 Å². The first kappa shape index (κ1) is 18.7. The molecule has 1 N–H and O–H groups in total. The zero-order valence-corrected chi connectivity index (χ0v) is 16.9.